The number of nitrogens with one attached hydrogen (secondary N) is 3. The fraction of sp³-hybridized carbons (Fsp3) is 0.136. The minimum Gasteiger partial charge on any atom is -0.486 e. The van der Waals surface area contributed by atoms with E-state index in [-0.39, 0.29) is 21.8 Å². The summed E-state index contributed by atoms with van der Waals surface area (Å²) in [7, 11) is -3.95. The van der Waals surface area contributed by atoms with E-state index in [4.69, 9.17) is 9.47 Å². The van der Waals surface area contributed by atoms with Crippen LogP contribution in [0.3, 0.4) is 0 Å². The second-order valence-corrected chi connectivity index (χ2v) is 8.79. The van der Waals surface area contributed by atoms with Crippen LogP contribution < -0.4 is 25.0 Å². The number of sulfonamides is 1. The zero-order valence-electron chi connectivity index (χ0n) is 17.3. The minimum absolute atomic E-state index is 0.0360. The van der Waals surface area contributed by atoms with E-state index < -0.39 is 27.7 Å². The number of carbonyl (C=O) groups is 1. The molecule has 0 fully saturated rings. The van der Waals surface area contributed by atoms with Crippen LogP contribution in [0.5, 0.6) is 11.5 Å². The van der Waals surface area contributed by atoms with Crippen molar-refractivity contribution in [1.29, 1.82) is 0 Å². The number of anilines is 2. The summed E-state index contributed by atoms with van der Waals surface area (Å²) in [5.41, 5.74) is 3.50. The summed E-state index contributed by atoms with van der Waals surface area (Å²) in [5.74, 6) is 0.0611. The van der Waals surface area contributed by atoms with Crippen LogP contribution in [0.1, 0.15) is 15.9 Å². The molecule has 0 saturated carbocycles. The number of alkyl halides is 3. The molecule has 1 heterocycles. The molecule has 178 valence electrons. The normalized spacial score (nSPS) is 13.1. The van der Waals surface area contributed by atoms with Crippen LogP contribution in [-0.2, 0) is 16.2 Å². The maximum atomic E-state index is 13.1. The van der Waals surface area contributed by atoms with Crippen molar-refractivity contribution in [3.63, 3.8) is 0 Å². The summed E-state index contributed by atoms with van der Waals surface area (Å²) in [5, 5.41) is 0. The van der Waals surface area contributed by atoms with Gasteiger partial charge in [0.25, 0.3) is 15.9 Å². The van der Waals surface area contributed by atoms with Crippen LogP contribution in [0.2, 0.25) is 0 Å². The van der Waals surface area contributed by atoms with Gasteiger partial charge in [0.05, 0.1) is 16.1 Å². The third-order valence-electron chi connectivity index (χ3n) is 4.77. The van der Waals surface area contributed by atoms with Crippen molar-refractivity contribution in [2.24, 2.45) is 0 Å². The zero-order chi connectivity index (χ0) is 24.3. The molecule has 1 aliphatic heterocycles. The van der Waals surface area contributed by atoms with Crippen LogP contribution in [-0.4, -0.2) is 27.5 Å². The Balaban J connectivity index is 1.42. The summed E-state index contributed by atoms with van der Waals surface area (Å²) >= 11 is 0. The predicted molar refractivity (Wildman–Crippen MR) is 117 cm³/mol. The quantitative estimate of drug-likeness (QED) is 0.448. The number of hydrogen-bond acceptors (Lipinski definition) is 6. The van der Waals surface area contributed by atoms with Gasteiger partial charge in [0, 0.05) is 17.3 Å². The Bertz CT molecular complexity index is 1310. The number of halogens is 3. The number of hydrazine groups is 1. The third kappa shape index (κ3) is 5.17. The van der Waals surface area contributed by atoms with Gasteiger partial charge in [-0.05, 0) is 48.5 Å². The molecule has 0 aromatic heterocycles. The lowest BCUT2D eigenvalue weighted by Gasteiger charge is -2.19. The smallest absolute Gasteiger partial charge is 0.418 e. The molecule has 12 heteroatoms. The molecule has 34 heavy (non-hydrogen) atoms. The van der Waals surface area contributed by atoms with E-state index in [1.165, 1.54) is 60.7 Å². The Kier molecular flexibility index (Phi) is 6.24. The van der Waals surface area contributed by atoms with Crippen LogP contribution in [0.15, 0.2) is 71.6 Å². The van der Waals surface area contributed by atoms with Crippen molar-refractivity contribution in [3.8, 4) is 11.5 Å². The largest absolute Gasteiger partial charge is 0.486 e. The first-order chi connectivity index (χ1) is 16.1. The van der Waals surface area contributed by atoms with Crippen molar-refractivity contribution >= 4 is 27.3 Å². The number of benzene rings is 3. The first kappa shape index (κ1) is 23.2. The molecule has 0 aliphatic carbocycles. The van der Waals surface area contributed by atoms with E-state index in [0.717, 1.165) is 6.07 Å². The van der Waals surface area contributed by atoms with Gasteiger partial charge in [0.2, 0.25) is 0 Å². The summed E-state index contributed by atoms with van der Waals surface area (Å²) in [6.45, 7) is 0.686. The third-order valence-corrected chi connectivity index (χ3v) is 6.15. The number of fused-ring (bicyclic) bond motifs is 1. The lowest BCUT2D eigenvalue weighted by molar-refractivity contribution is -0.137. The highest BCUT2D eigenvalue weighted by molar-refractivity contribution is 7.92. The molecule has 0 atom stereocenters. The van der Waals surface area contributed by atoms with Crippen molar-refractivity contribution in [2.45, 2.75) is 11.1 Å². The van der Waals surface area contributed by atoms with Gasteiger partial charge in [-0.25, -0.2) is 8.42 Å². The summed E-state index contributed by atoms with van der Waals surface area (Å²) in [6.07, 6.45) is -4.59. The van der Waals surface area contributed by atoms with Crippen LogP contribution in [0.4, 0.5) is 24.5 Å². The van der Waals surface area contributed by atoms with Gasteiger partial charge in [-0.15, -0.1) is 0 Å². The standard InChI is InChI=1S/C22H18F3N3O5S/c23-22(24,25)17-3-1-2-4-18(17)26-27-21(29)14-5-7-15(8-6-14)28-34(30,31)16-9-10-19-20(13-16)33-12-11-32-19/h1-10,13,26,28H,11-12H2,(H,27,29). The molecule has 1 aliphatic rings. The molecular weight excluding hydrogens is 475 g/mol. The molecule has 8 nitrogen and oxygen atoms in total. The van der Waals surface area contributed by atoms with E-state index in [1.807, 2.05) is 0 Å². The molecule has 1 amide bonds. The van der Waals surface area contributed by atoms with Crippen LogP contribution in [0.25, 0.3) is 0 Å². The SMILES string of the molecule is O=C(NNc1ccccc1C(F)(F)F)c1ccc(NS(=O)(=O)c2ccc3c(c2)OCCO3)cc1. The fourth-order valence-corrected chi connectivity index (χ4v) is 4.20. The maximum Gasteiger partial charge on any atom is 0.418 e. The van der Waals surface area contributed by atoms with Gasteiger partial charge in [0.15, 0.2) is 11.5 Å². The van der Waals surface area contributed by atoms with Gasteiger partial charge in [-0.1, -0.05) is 12.1 Å². The summed E-state index contributed by atoms with van der Waals surface area (Å²) in [6, 6.07) is 14.3. The number of amides is 1. The van der Waals surface area contributed by atoms with Crippen molar-refractivity contribution in [1.82, 2.24) is 5.43 Å². The minimum atomic E-state index is -4.59. The topological polar surface area (TPSA) is 106 Å². The van der Waals surface area contributed by atoms with Gasteiger partial charge < -0.3 is 9.47 Å². The zero-order valence-corrected chi connectivity index (χ0v) is 18.2. The molecule has 4 rings (SSSR count). The second-order valence-electron chi connectivity index (χ2n) is 7.11. The Morgan fingerprint density at radius 1 is 0.882 bits per heavy atom. The maximum absolute atomic E-state index is 13.1. The van der Waals surface area contributed by atoms with Crippen molar-refractivity contribution in [2.75, 3.05) is 23.4 Å². The second kappa shape index (κ2) is 9.14. The average Bonchev–Trinajstić information content (AvgIpc) is 2.82. The molecule has 0 spiro atoms. The summed E-state index contributed by atoms with van der Waals surface area (Å²) < 4.78 is 77.7. The number of rotatable bonds is 6. The Morgan fingerprint density at radius 2 is 1.56 bits per heavy atom. The Labute approximate surface area is 192 Å². The number of carbonyl (C=O) groups excluding carboxylic acids is 1. The molecule has 0 unspecified atom stereocenters. The molecule has 3 N–H and O–H groups in total. The van der Waals surface area contributed by atoms with Gasteiger partial charge in [-0.3, -0.25) is 20.4 Å². The fourth-order valence-electron chi connectivity index (χ4n) is 3.13. The lowest BCUT2D eigenvalue weighted by atomic mass is 10.2. The van der Waals surface area contributed by atoms with Crippen LogP contribution in [0, 0.1) is 0 Å². The highest BCUT2D eigenvalue weighted by Gasteiger charge is 2.33. The predicted octanol–water partition coefficient (Wildman–Crippen LogP) is 4.03. The monoisotopic (exact) mass is 493 g/mol. The molecule has 0 radical (unpaired) electrons. The van der Waals surface area contributed by atoms with E-state index in [0.29, 0.717) is 24.7 Å². The van der Waals surface area contributed by atoms with E-state index in [2.05, 4.69) is 15.6 Å². The number of ether oxygens (including phenoxy) is 2. The van der Waals surface area contributed by atoms with E-state index in [1.54, 1.807) is 0 Å². The molecule has 0 saturated heterocycles. The van der Waals surface area contributed by atoms with Crippen molar-refractivity contribution in [3.05, 3.63) is 77.9 Å². The summed E-state index contributed by atoms with van der Waals surface area (Å²) in [4.78, 5) is 12.3. The molecule has 3 aromatic rings. The highest BCUT2D eigenvalue weighted by Crippen LogP contribution is 2.34. The molecule has 0 bridgehead atoms. The first-order valence-corrected chi connectivity index (χ1v) is 11.4. The first-order valence-electron chi connectivity index (χ1n) is 9.89. The Morgan fingerprint density at radius 3 is 2.26 bits per heavy atom. The van der Waals surface area contributed by atoms with Crippen molar-refractivity contribution < 1.29 is 35.9 Å². The number of para-hydroxylation sites is 1. The van der Waals surface area contributed by atoms with Gasteiger partial charge in [-0.2, -0.15) is 13.2 Å². The Hall–Kier alpha value is -3.93. The molecular formula is C22H18F3N3O5S. The van der Waals surface area contributed by atoms with Gasteiger partial charge in [0.1, 0.15) is 13.2 Å². The van der Waals surface area contributed by atoms with Gasteiger partial charge >= 0.3 is 6.18 Å². The van der Waals surface area contributed by atoms with E-state index >= 15 is 0 Å². The van der Waals surface area contributed by atoms with E-state index in [9.17, 15) is 26.4 Å². The van der Waals surface area contributed by atoms with Crippen LogP contribution >= 0.6 is 0 Å². The average molecular weight is 493 g/mol. The number of hydrogen-bond donors (Lipinski definition) is 3. The lowest BCUT2D eigenvalue weighted by Crippen LogP contribution is -2.30. The highest BCUT2D eigenvalue weighted by atomic mass is 32.2. The molecule has 3 aromatic carbocycles.